The van der Waals surface area contributed by atoms with Gasteiger partial charge in [-0.1, -0.05) is 0 Å². The number of nitrogens with two attached hydrogens (primary N) is 1. The first-order valence-corrected chi connectivity index (χ1v) is 2.79. The Labute approximate surface area is 83.3 Å². The molecule has 1 rings (SSSR count). The molecule has 1 aromatic carbocycles. The van der Waals surface area contributed by atoms with Crippen molar-refractivity contribution < 1.29 is 9.90 Å². The van der Waals surface area contributed by atoms with E-state index in [1.54, 1.807) is 12.1 Å². The van der Waals surface area contributed by atoms with Crippen LogP contribution in [0, 0.1) is 0 Å². The van der Waals surface area contributed by atoms with Gasteiger partial charge in [-0.3, -0.25) is 0 Å². The summed E-state index contributed by atoms with van der Waals surface area (Å²) in [4.78, 5) is 10.3. The summed E-state index contributed by atoms with van der Waals surface area (Å²) in [6, 6.07) is 6.06. The van der Waals surface area contributed by atoms with E-state index in [9.17, 15) is 4.79 Å². The average molecular weight is 349 g/mol. The van der Waals surface area contributed by atoms with Gasteiger partial charge in [0.1, 0.15) is 0 Å². The molecule has 3 nitrogen and oxygen atoms in total. The number of aromatic carboxylic acids is 1. The van der Waals surface area contributed by atoms with Crippen LogP contribution in [0.5, 0.6) is 0 Å². The molecule has 0 spiro atoms. The van der Waals surface area contributed by atoms with E-state index in [-0.39, 0.29) is 31.8 Å². The summed E-state index contributed by atoms with van der Waals surface area (Å²) in [5, 5.41) is 8.43. The maximum absolute atomic E-state index is 10.3. The monoisotopic (exact) mass is 349 g/mol. The van der Waals surface area contributed by atoms with Crippen molar-refractivity contribution in [2.75, 3.05) is 5.73 Å². The predicted octanol–water partition coefficient (Wildman–Crippen LogP) is -0.217. The van der Waals surface area contributed by atoms with Gasteiger partial charge in [0.05, 0.1) is 5.56 Å². The Kier molecular flexibility index (Phi) is 4.05. The molecule has 0 saturated heterocycles. The first-order valence-electron chi connectivity index (χ1n) is 2.79. The van der Waals surface area contributed by atoms with Crippen LogP contribution in [-0.2, 0) is 0 Å². The molecule has 0 unspecified atom stereocenters. The van der Waals surface area contributed by atoms with E-state index in [1.807, 2.05) is 0 Å². The van der Waals surface area contributed by atoms with E-state index in [4.69, 9.17) is 10.8 Å². The van der Waals surface area contributed by atoms with E-state index in [2.05, 4.69) is 0 Å². The molecule has 0 aliphatic carbocycles. The first-order chi connectivity index (χ1) is 4.70. The van der Waals surface area contributed by atoms with Crippen LogP contribution in [0.3, 0.4) is 0 Å². The Morgan fingerprint density at radius 1 is 1.27 bits per heavy atom. The van der Waals surface area contributed by atoms with Crippen molar-refractivity contribution in [3.05, 3.63) is 29.8 Å². The fourth-order valence-corrected chi connectivity index (χ4v) is 0.626. The zero-order valence-electron chi connectivity index (χ0n) is 5.95. The Hall–Kier alpha value is -0.627. The first kappa shape index (κ1) is 10.4. The van der Waals surface area contributed by atoms with E-state index < -0.39 is 5.97 Å². The van der Waals surface area contributed by atoms with Crippen LogP contribution < -0.4 is 5.73 Å². The second-order valence-corrected chi connectivity index (χ2v) is 1.93. The SMILES string of the molecule is Nc1ccc(C(=O)O)cc1.[BiH3]. The molecule has 0 bridgehead atoms. The van der Waals surface area contributed by atoms with Crippen molar-refractivity contribution in [3.8, 4) is 0 Å². The molecule has 0 fully saturated rings. The third kappa shape index (κ3) is 2.85. The summed E-state index contributed by atoms with van der Waals surface area (Å²) in [6.45, 7) is 0. The predicted molar refractivity (Wildman–Crippen MR) is 47.8 cm³/mol. The number of benzene rings is 1. The van der Waals surface area contributed by atoms with Gasteiger partial charge in [0.25, 0.3) is 0 Å². The number of rotatable bonds is 1. The number of hydrogen-bond acceptors (Lipinski definition) is 2. The quantitative estimate of drug-likeness (QED) is 0.545. The van der Waals surface area contributed by atoms with Crippen LogP contribution in [0.1, 0.15) is 10.4 Å². The van der Waals surface area contributed by atoms with E-state index in [0.717, 1.165) is 0 Å². The molecule has 0 heterocycles. The van der Waals surface area contributed by atoms with Crippen molar-refractivity contribution in [1.29, 1.82) is 0 Å². The second-order valence-electron chi connectivity index (χ2n) is 1.93. The van der Waals surface area contributed by atoms with Gasteiger partial charge in [-0.05, 0) is 24.3 Å². The fraction of sp³-hybridized carbons (Fsp3) is 0. The van der Waals surface area contributed by atoms with E-state index >= 15 is 0 Å². The fourth-order valence-electron chi connectivity index (χ4n) is 0.626. The number of anilines is 1. The van der Waals surface area contributed by atoms with Crippen LogP contribution in [0.15, 0.2) is 24.3 Å². The zero-order chi connectivity index (χ0) is 7.56. The van der Waals surface area contributed by atoms with Gasteiger partial charge in [-0.2, -0.15) is 0 Å². The molecule has 0 aliphatic rings. The number of carboxylic acid groups (broad SMARTS) is 1. The summed E-state index contributed by atoms with van der Waals surface area (Å²) in [6.07, 6.45) is 0. The molecule has 1 aromatic rings. The third-order valence-electron chi connectivity index (χ3n) is 1.16. The van der Waals surface area contributed by atoms with Crippen LogP contribution >= 0.6 is 0 Å². The van der Waals surface area contributed by atoms with Gasteiger partial charge in [-0.25, -0.2) is 4.79 Å². The standard InChI is InChI=1S/C7H7NO2.Bi.3H/c8-6-3-1-5(2-4-6)7(9)10;;;;/h1-4H,8H2,(H,9,10);;;;. The summed E-state index contributed by atoms with van der Waals surface area (Å²) in [5.74, 6) is -0.931. The normalized spacial score (nSPS) is 8.36. The Balaban J connectivity index is 0.000001000. The molecule has 3 N–H and O–H groups in total. The molecule has 60 valence electrons. The van der Waals surface area contributed by atoms with Gasteiger partial charge in [0.15, 0.2) is 0 Å². The molecule has 11 heavy (non-hydrogen) atoms. The molecular formula is C7H10BiNO2. The molecule has 0 amide bonds. The van der Waals surface area contributed by atoms with E-state index in [1.165, 1.54) is 12.1 Å². The van der Waals surface area contributed by atoms with Gasteiger partial charge in [0, 0.05) is 5.69 Å². The number of carbonyl (C=O) groups is 1. The van der Waals surface area contributed by atoms with Crippen molar-refractivity contribution in [1.82, 2.24) is 0 Å². The van der Waals surface area contributed by atoms with Gasteiger partial charge < -0.3 is 10.8 Å². The summed E-state index contributed by atoms with van der Waals surface area (Å²) in [5.41, 5.74) is 6.17. The topological polar surface area (TPSA) is 63.3 Å². The van der Waals surface area contributed by atoms with Crippen LogP contribution in [0.2, 0.25) is 0 Å². The zero-order valence-corrected chi connectivity index (χ0v) is 11.4. The third-order valence-corrected chi connectivity index (χ3v) is 1.16. The number of nitrogen functional groups attached to an aromatic ring is 1. The summed E-state index contributed by atoms with van der Waals surface area (Å²) in [7, 11) is 0. The number of hydrogen-bond donors (Lipinski definition) is 2. The van der Waals surface area contributed by atoms with Crippen molar-refractivity contribution >= 4 is 37.9 Å². The number of carboxylic acids is 1. The average Bonchev–Trinajstić information content (AvgIpc) is 1.88. The maximum atomic E-state index is 10.3. The summed E-state index contributed by atoms with van der Waals surface area (Å²) < 4.78 is 0. The van der Waals surface area contributed by atoms with Crippen LogP contribution in [0.4, 0.5) is 5.69 Å². The Bertz CT molecular complexity index is 245. The van der Waals surface area contributed by atoms with Crippen molar-refractivity contribution in [3.63, 3.8) is 0 Å². The molecule has 0 aliphatic heterocycles. The molecule has 0 radical (unpaired) electrons. The molecule has 0 saturated carbocycles. The van der Waals surface area contributed by atoms with Crippen molar-refractivity contribution in [2.45, 2.75) is 0 Å². The van der Waals surface area contributed by atoms with E-state index in [0.29, 0.717) is 5.69 Å². The summed E-state index contributed by atoms with van der Waals surface area (Å²) >= 11 is 0. The molecular weight excluding hydrogens is 339 g/mol. The van der Waals surface area contributed by atoms with Gasteiger partial charge >= 0.3 is 32.2 Å². The molecule has 0 atom stereocenters. The molecule has 4 heteroatoms. The van der Waals surface area contributed by atoms with Crippen LogP contribution in [0.25, 0.3) is 0 Å². The van der Waals surface area contributed by atoms with Gasteiger partial charge in [-0.15, -0.1) is 0 Å². The Morgan fingerprint density at radius 3 is 2.09 bits per heavy atom. The molecule has 0 aromatic heterocycles. The van der Waals surface area contributed by atoms with Crippen LogP contribution in [-0.4, -0.2) is 37.3 Å². The van der Waals surface area contributed by atoms with Gasteiger partial charge in [0.2, 0.25) is 0 Å². The Morgan fingerprint density at radius 2 is 1.73 bits per heavy atom. The minimum atomic E-state index is -0.931. The second kappa shape index (κ2) is 4.29. The van der Waals surface area contributed by atoms with Crippen molar-refractivity contribution in [2.24, 2.45) is 0 Å². The minimum absolute atomic E-state index is 0.